The molecule has 1 aromatic rings. The van der Waals surface area contributed by atoms with Gasteiger partial charge >= 0.3 is 0 Å². The molecule has 0 unspecified atom stereocenters. The molecule has 2 aliphatic rings. The standard InChI is InChI=1S/C15H19FN2O.ClH/c16-15-12-6-7-17-9-11(12)4-5-13(15)18-14(19)8-10-2-1-3-10;/h4-5,10,17H,1-3,6-9H2,(H,18,19);1H. The molecule has 1 fully saturated rings. The smallest absolute Gasteiger partial charge is 0.224 e. The lowest BCUT2D eigenvalue weighted by atomic mass is 9.83. The van der Waals surface area contributed by atoms with E-state index < -0.39 is 0 Å². The summed E-state index contributed by atoms with van der Waals surface area (Å²) in [6.07, 6.45) is 4.70. The van der Waals surface area contributed by atoms with Crippen LogP contribution in [0, 0.1) is 11.7 Å². The maximum atomic E-state index is 14.3. The van der Waals surface area contributed by atoms with Gasteiger partial charge in [-0.25, -0.2) is 4.39 Å². The summed E-state index contributed by atoms with van der Waals surface area (Å²) in [5.74, 6) is 0.198. The third-order valence-electron chi connectivity index (χ3n) is 4.18. The van der Waals surface area contributed by atoms with Crippen molar-refractivity contribution in [3.05, 3.63) is 29.1 Å². The fraction of sp³-hybridized carbons (Fsp3) is 0.533. The van der Waals surface area contributed by atoms with Gasteiger partial charge in [-0.2, -0.15) is 0 Å². The molecule has 0 saturated heterocycles. The van der Waals surface area contributed by atoms with Gasteiger partial charge < -0.3 is 10.6 Å². The number of halogens is 2. The highest BCUT2D eigenvalue weighted by atomic mass is 35.5. The topological polar surface area (TPSA) is 41.1 Å². The number of benzene rings is 1. The zero-order chi connectivity index (χ0) is 13.2. The van der Waals surface area contributed by atoms with Crippen molar-refractivity contribution in [1.82, 2.24) is 5.32 Å². The van der Waals surface area contributed by atoms with Crippen molar-refractivity contribution in [2.24, 2.45) is 5.92 Å². The molecule has 0 radical (unpaired) electrons. The first-order valence-corrected chi connectivity index (χ1v) is 7.05. The predicted molar refractivity (Wildman–Crippen MR) is 79.6 cm³/mol. The lowest BCUT2D eigenvalue weighted by Crippen LogP contribution is -2.26. The molecule has 1 aromatic carbocycles. The summed E-state index contributed by atoms with van der Waals surface area (Å²) in [5, 5.41) is 5.94. The number of hydrogen-bond donors (Lipinski definition) is 2. The van der Waals surface area contributed by atoms with Gasteiger partial charge in [0.2, 0.25) is 5.91 Å². The van der Waals surface area contributed by atoms with Crippen LogP contribution in [-0.4, -0.2) is 12.5 Å². The molecule has 3 rings (SSSR count). The second-order valence-corrected chi connectivity index (χ2v) is 5.54. The van der Waals surface area contributed by atoms with Crippen molar-refractivity contribution in [1.29, 1.82) is 0 Å². The molecule has 1 amide bonds. The monoisotopic (exact) mass is 298 g/mol. The molecule has 0 bridgehead atoms. The molecule has 1 aliphatic heterocycles. The third kappa shape index (κ3) is 3.13. The zero-order valence-corrected chi connectivity index (χ0v) is 12.2. The van der Waals surface area contributed by atoms with E-state index in [2.05, 4.69) is 10.6 Å². The molecule has 3 nitrogen and oxygen atoms in total. The number of hydrogen-bond acceptors (Lipinski definition) is 2. The van der Waals surface area contributed by atoms with Crippen molar-refractivity contribution in [2.45, 2.75) is 38.6 Å². The van der Waals surface area contributed by atoms with Gasteiger partial charge in [-0.3, -0.25) is 4.79 Å². The normalized spacial score (nSPS) is 17.6. The maximum absolute atomic E-state index is 14.3. The fourth-order valence-corrected chi connectivity index (χ4v) is 2.79. The lowest BCUT2D eigenvalue weighted by Gasteiger charge is -2.25. The van der Waals surface area contributed by atoms with Crippen LogP contribution < -0.4 is 10.6 Å². The summed E-state index contributed by atoms with van der Waals surface area (Å²) in [6.45, 7) is 1.51. The van der Waals surface area contributed by atoms with E-state index in [-0.39, 0.29) is 24.1 Å². The number of rotatable bonds is 3. The summed E-state index contributed by atoms with van der Waals surface area (Å²) in [5.41, 5.74) is 2.09. The summed E-state index contributed by atoms with van der Waals surface area (Å²) in [7, 11) is 0. The van der Waals surface area contributed by atoms with Crippen LogP contribution in [0.2, 0.25) is 0 Å². The number of amides is 1. The summed E-state index contributed by atoms with van der Waals surface area (Å²) >= 11 is 0. The first-order chi connectivity index (χ1) is 9.24. The predicted octanol–water partition coefficient (Wildman–Crippen LogP) is 3.02. The number of carbonyl (C=O) groups is 1. The van der Waals surface area contributed by atoms with Gasteiger partial charge in [0.15, 0.2) is 0 Å². The number of carbonyl (C=O) groups excluding carboxylic acids is 1. The van der Waals surface area contributed by atoms with E-state index in [1.807, 2.05) is 6.07 Å². The van der Waals surface area contributed by atoms with Crippen LogP contribution in [0.25, 0.3) is 0 Å². The minimum absolute atomic E-state index is 0. The highest BCUT2D eigenvalue weighted by molar-refractivity contribution is 5.91. The maximum Gasteiger partial charge on any atom is 0.224 e. The van der Waals surface area contributed by atoms with Crippen molar-refractivity contribution < 1.29 is 9.18 Å². The molecule has 1 heterocycles. The Labute approximate surface area is 124 Å². The Morgan fingerprint density at radius 1 is 1.40 bits per heavy atom. The van der Waals surface area contributed by atoms with E-state index >= 15 is 0 Å². The number of nitrogens with one attached hydrogen (secondary N) is 2. The largest absolute Gasteiger partial charge is 0.324 e. The Balaban J connectivity index is 0.00000147. The van der Waals surface area contributed by atoms with Gasteiger partial charge in [0.05, 0.1) is 5.69 Å². The van der Waals surface area contributed by atoms with E-state index in [0.717, 1.165) is 30.5 Å². The highest BCUT2D eigenvalue weighted by Crippen LogP contribution is 2.30. The van der Waals surface area contributed by atoms with Gasteiger partial charge in [-0.1, -0.05) is 12.5 Å². The second-order valence-electron chi connectivity index (χ2n) is 5.54. The quantitative estimate of drug-likeness (QED) is 0.900. The van der Waals surface area contributed by atoms with Crippen LogP contribution in [0.3, 0.4) is 0 Å². The Morgan fingerprint density at radius 2 is 2.20 bits per heavy atom. The molecular formula is C15H20ClFN2O. The zero-order valence-electron chi connectivity index (χ0n) is 11.4. The first kappa shape index (κ1) is 15.3. The Kier molecular flexibility index (Phi) is 5.00. The highest BCUT2D eigenvalue weighted by Gasteiger charge is 2.22. The second kappa shape index (κ2) is 6.55. The minimum Gasteiger partial charge on any atom is -0.324 e. The van der Waals surface area contributed by atoms with Gasteiger partial charge in [0.25, 0.3) is 0 Å². The van der Waals surface area contributed by atoms with Gasteiger partial charge in [-0.05, 0) is 48.9 Å². The van der Waals surface area contributed by atoms with Crippen LogP contribution in [0.15, 0.2) is 12.1 Å². The van der Waals surface area contributed by atoms with Crippen molar-refractivity contribution >= 4 is 24.0 Å². The lowest BCUT2D eigenvalue weighted by molar-refractivity contribution is -0.117. The van der Waals surface area contributed by atoms with Crippen molar-refractivity contribution in [3.8, 4) is 0 Å². The van der Waals surface area contributed by atoms with Gasteiger partial charge in [0, 0.05) is 13.0 Å². The van der Waals surface area contributed by atoms with E-state index in [4.69, 9.17) is 0 Å². The molecule has 110 valence electrons. The fourth-order valence-electron chi connectivity index (χ4n) is 2.79. The van der Waals surface area contributed by atoms with Gasteiger partial charge in [-0.15, -0.1) is 12.4 Å². The average Bonchev–Trinajstić information content (AvgIpc) is 2.38. The molecule has 0 atom stereocenters. The average molecular weight is 299 g/mol. The van der Waals surface area contributed by atoms with Gasteiger partial charge in [0.1, 0.15) is 5.82 Å². The van der Waals surface area contributed by atoms with Crippen LogP contribution in [0.1, 0.15) is 36.8 Å². The van der Waals surface area contributed by atoms with Crippen LogP contribution in [0.4, 0.5) is 10.1 Å². The summed E-state index contributed by atoms with van der Waals surface area (Å²) in [6, 6.07) is 3.59. The molecule has 20 heavy (non-hydrogen) atoms. The number of fused-ring (bicyclic) bond motifs is 1. The SMILES string of the molecule is Cl.O=C(CC1CCC1)Nc1ccc2c(c1F)CCNC2. The molecule has 0 spiro atoms. The molecule has 5 heteroatoms. The van der Waals surface area contributed by atoms with Crippen molar-refractivity contribution in [2.75, 3.05) is 11.9 Å². The minimum atomic E-state index is -0.249. The molecule has 0 aromatic heterocycles. The van der Waals surface area contributed by atoms with Crippen LogP contribution in [-0.2, 0) is 17.8 Å². The first-order valence-electron chi connectivity index (χ1n) is 7.05. The van der Waals surface area contributed by atoms with E-state index in [9.17, 15) is 9.18 Å². The van der Waals surface area contributed by atoms with E-state index in [0.29, 0.717) is 31.0 Å². The third-order valence-corrected chi connectivity index (χ3v) is 4.18. The van der Waals surface area contributed by atoms with Crippen molar-refractivity contribution in [3.63, 3.8) is 0 Å². The van der Waals surface area contributed by atoms with E-state index in [1.165, 1.54) is 6.42 Å². The number of anilines is 1. The van der Waals surface area contributed by atoms with E-state index in [1.54, 1.807) is 6.07 Å². The Morgan fingerprint density at radius 3 is 2.90 bits per heavy atom. The van der Waals surface area contributed by atoms with Crippen LogP contribution in [0.5, 0.6) is 0 Å². The molecule has 1 saturated carbocycles. The Hall–Kier alpha value is -1.13. The molecule has 1 aliphatic carbocycles. The van der Waals surface area contributed by atoms with Crippen LogP contribution >= 0.6 is 12.4 Å². The summed E-state index contributed by atoms with van der Waals surface area (Å²) in [4.78, 5) is 11.8. The summed E-state index contributed by atoms with van der Waals surface area (Å²) < 4.78 is 14.3. The Bertz CT molecular complexity index is 503. The molecule has 2 N–H and O–H groups in total. The molecular weight excluding hydrogens is 279 g/mol.